The van der Waals surface area contributed by atoms with E-state index in [1.165, 1.54) is 0 Å². The van der Waals surface area contributed by atoms with Crippen LogP contribution in [0.25, 0.3) is 0 Å². The number of nitrogens with zero attached hydrogens (tertiary/aromatic N) is 3. The molecular formula is C11H19N3O3. The lowest BCUT2D eigenvalue weighted by atomic mass is 10.1. The first-order chi connectivity index (χ1) is 8.01. The van der Waals surface area contributed by atoms with Gasteiger partial charge in [-0.15, -0.1) is 0 Å². The summed E-state index contributed by atoms with van der Waals surface area (Å²) in [7, 11) is 0. The predicted molar refractivity (Wildman–Crippen MR) is 63.9 cm³/mol. The number of nitro groups is 1. The van der Waals surface area contributed by atoms with Gasteiger partial charge in [0.05, 0.1) is 11.0 Å². The quantitative estimate of drug-likeness (QED) is 0.608. The lowest BCUT2D eigenvalue weighted by Gasteiger charge is -2.09. The summed E-state index contributed by atoms with van der Waals surface area (Å²) >= 11 is 0. The van der Waals surface area contributed by atoms with Gasteiger partial charge >= 0.3 is 5.69 Å². The highest BCUT2D eigenvalue weighted by Crippen LogP contribution is 2.24. The Morgan fingerprint density at radius 2 is 2.18 bits per heavy atom. The average Bonchev–Trinajstić information content (AvgIpc) is 2.55. The standard InChI is InChI=1S/C11H19N3O3/c1-4-6-9(15)7-10-11(14(16)17)8(3)12-13(10)5-2/h9,15H,4-7H2,1-3H3. The molecular weight excluding hydrogens is 222 g/mol. The zero-order valence-electron chi connectivity index (χ0n) is 10.5. The first kappa shape index (κ1) is 13.6. The molecule has 1 atom stereocenters. The van der Waals surface area contributed by atoms with E-state index in [0.29, 0.717) is 30.8 Å². The van der Waals surface area contributed by atoms with Crippen LogP contribution in [0.4, 0.5) is 5.69 Å². The fraction of sp³-hybridized carbons (Fsp3) is 0.727. The molecule has 1 aromatic heterocycles. The number of hydrogen-bond acceptors (Lipinski definition) is 4. The van der Waals surface area contributed by atoms with Gasteiger partial charge in [-0.05, 0) is 20.3 Å². The third-order valence-electron chi connectivity index (χ3n) is 2.73. The Morgan fingerprint density at radius 1 is 1.53 bits per heavy atom. The van der Waals surface area contributed by atoms with E-state index in [1.807, 2.05) is 13.8 Å². The van der Waals surface area contributed by atoms with Gasteiger partial charge in [-0.3, -0.25) is 14.8 Å². The molecule has 0 saturated heterocycles. The van der Waals surface area contributed by atoms with Crippen molar-refractivity contribution in [2.45, 2.75) is 52.7 Å². The third kappa shape index (κ3) is 3.03. The summed E-state index contributed by atoms with van der Waals surface area (Å²) in [6.07, 6.45) is 1.25. The Labute approximate surface area is 100 Å². The van der Waals surface area contributed by atoms with Crippen LogP contribution in [0.5, 0.6) is 0 Å². The molecule has 1 heterocycles. The van der Waals surface area contributed by atoms with Crippen LogP contribution in [0.15, 0.2) is 0 Å². The summed E-state index contributed by atoms with van der Waals surface area (Å²) in [4.78, 5) is 10.6. The van der Waals surface area contributed by atoms with Crippen LogP contribution >= 0.6 is 0 Å². The first-order valence-electron chi connectivity index (χ1n) is 5.89. The maximum absolute atomic E-state index is 11.0. The zero-order valence-corrected chi connectivity index (χ0v) is 10.5. The monoisotopic (exact) mass is 241 g/mol. The highest BCUT2D eigenvalue weighted by atomic mass is 16.6. The maximum atomic E-state index is 11.0. The van der Waals surface area contributed by atoms with Gasteiger partial charge in [-0.1, -0.05) is 13.3 Å². The molecule has 0 spiro atoms. The van der Waals surface area contributed by atoms with E-state index < -0.39 is 11.0 Å². The number of hydrogen-bond donors (Lipinski definition) is 1. The van der Waals surface area contributed by atoms with Crippen molar-refractivity contribution in [1.82, 2.24) is 9.78 Å². The van der Waals surface area contributed by atoms with Gasteiger partial charge in [0.1, 0.15) is 11.4 Å². The van der Waals surface area contributed by atoms with Crippen LogP contribution in [-0.2, 0) is 13.0 Å². The van der Waals surface area contributed by atoms with Crippen LogP contribution in [0, 0.1) is 17.0 Å². The second-order valence-corrected chi connectivity index (χ2v) is 4.10. The summed E-state index contributed by atoms with van der Waals surface area (Å²) in [5.41, 5.74) is 0.980. The molecule has 6 nitrogen and oxygen atoms in total. The number of aromatic nitrogens is 2. The Morgan fingerprint density at radius 3 is 2.65 bits per heavy atom. The SMILES string of the molecule is CCCC(O)Cc1c([N+](=O)[O-])c(C)nn1CC. The second-order valence-electron chi connectivity index (χ2n) is 4.10. The van der Waals surface area contributed by atoms with Crippen molar-refractivity contribution >= 4 is 5.69 Å². The van der Waals surface area contributed by atoms with E-state index in [0.717, 1.165) is 6.42 Å². The predicted octanol–water partition coefficient (Wildman–Crippen LogP) is 1.82. The van der Waals surface area contributed by atoms with Crippen molar-refractivity contribution in [3.63, 3.8) is 0 Å². The van der Waals surface area contributed by atoms with Gasteiger partial charge in [-0.25, -0.2) is 0 Å². The van der Waals surface area contributed by atoms with Crippen LogP contribution < -0.4 is 0 Å². The molecule has 1 N–H and O–H groups in total. The smallest absolute Gasteiger partial charge is 0.313 e. The summed E-state index contributed by atoms with van der Waals surface area (Å²) < 4.78 is 1.60. The highest BCUT2D eigenvalue weighted by Gasteiger charge is 2.25. The van der Waals surface area contributed by atoms with Gasteiger partial charge in [0.15, 0.2) is 0 Å². The fourth-order valence-corrected chi connectivity index (χ4v) is 1.98. The van der Waals surface area contributed by atoms with Crippen LogP contribution in [0.1, 0.15) is 38.1 Å². The Bertz CT molecular complexity index is 401. The highest BCUT2D eigenvalue weighted by molar-refractivity contribution is 5.40. The molecule has 0 aliphatic rings. The zero-order chi connectivity index (χ0) is 13.0. The summed E-state index contributed by atoms with van der Waals surface area (Å²) in [5.74, 6) is 0. The minimum atomic E-state index is -0.542. The van der Waals surface area contributed by atoms with Gasteiger partial charge in [0, 0.05) is 13.0 Å². The molecule has 0 aromatic carbocycles. The first-order valence-corrected chi connectivity index (χ1v) is 5.89. The van der Waals surface area contributed by atoms with Crippen molar-refractivity contribution < 1.29 is 10.0 Å². The lowest BCUT2D eigenvalue weighted by molar-refractivity contribution is -0.386. The van der Waals surface area contributed by atoms with E-state index in [-0.39, 0.29) is 5.69 Å². The van der Waals surface area contributed by atoms with E-state index >= 15 is 0 Å². The van der Waals surface area contributed by atoms with Crippen molar-refractivity contribution in [2.24, 2.45) is 0 Å². The van der Waals surface area contributed by atoms with Crippen molar-refractivity contribution in [1.29, 1.82) is 0 Å². The normalized spacial score (nSPS) is 12.7. The van der Waals surface area contributed by atoms with Crippen LogP contribution in [-0.4, -0.2) is 25.9 Å². The van der Waals surface area contributed by atoms with E-state index in [1.54, 1.807) is 11.6 Å². The van der Waals surface area contributed by atoms with Crippen LogP contribution in [0.2, 0.25) is 0 Å². The molecule has 0 aliphatic heterocycles. The molecule has 0 fully saturated rings. The maximum Gasteiger partial charge on any atom is 0.313 e. The number of aliphatic hydroxyl groups is 1. The van der Waals surface area contributed by atoms with Gasteiger partial charge in [0.25, 0.3) is 0 Å². The van der Waals surface area contributed by atoms with Crippen molar-refractivity contribution in [3.8, 4) is 0 Å². The Kier molecular flexibility index (Phi) is 4.62. The number of rotatable bonds is 6. The van der Waals surface area contributed by atoms with E-state index in [4.69, 9.17) is 0 Å². The molecule has 0 bridgehead atoms. The largest absolute Gasteiger partial charge is 0.393 e. The summed E-state index contributed by atoms with van der Waals surface area (Å²) in [6.45, 7) is 6.05. The average molecular weight is 241 g/mol. The minimum Gasteiger partial charge on any atom is -0.393 e. The topological polar surface area (TPSA) is 81.2 Å². The lowest BCUT2D eigenvalue weighted by Crippen LogP contribution is -2.15. The van der Waals surface area contributed by atoms with Gasteiger partial charge < -0.3 is 5.11 Å². The molecule has 1 unspecified atom stereocenters. The molecule has 0 aliphatic carbocycles. The number of aliphatic hydroxyl groups excluding tert-OH is 1. The molecule has 0 amide bonds. The van der Waals surface area contributed by atoms with E-state index in [2.05, 4.69) is 5.10 Å². The molecule has 17 heavy (non-hydrogen) atoms. The molecule has 96 valence electrons. The van der Waals surface area contributed by atoms with Crippen molar-refractivity contribution in [3.05, 3.63) is 21.5 Å². The molecule has 6 heteroatoms. The minimum absolute atomic E-state index is 0.0435. The third-order valence-corrected chi connectivity index (χ3v) is 2.73. The Hall–Kier alpha value is -1.43. The molecule has 1 rings (SSSR count). The van der Waals surface area contributed by atoms with E-state index in [9.17, 15) is 15.2 Å². The molecule has 0 radical (unpaired) electrons. The molecule has 0 saturated carbocycles. The van der Waals surface area contributed by atoms with Crippen molar-refractivity contribution in [2.75, 3.05) is 0 Å². The summed E-state index contributed by atoms with van der Waals surface area (Å²) in [5, 5.41) is 24.9. The molecule has 1 aromatic rings. The van der Waals surface area contributed by atoms with Gasteiger partial charge in [0.2, 0.25) is 0 Å². The fourth-order valence-electron chi connectivity index (χ4n) is 1.98. The van der Waals surface area contributed by atoms with Gasteiger partial charge in [-0.2, -0.15) is 5.10 Å². The number of aryl methyl sites for hydroxylation is 2. The van der Waals surface area contributed by atoms with Crippen LogP contribution in [0.3, 0.4) is 0 Å². The Balaban J connectivity index is 3.06. The summed E-state index contributed by atoms with van der Waals surface area (Å²) in [6, 6.07) is 0. The second kappa shape index (κ2) is 5.77.